The van der Waals surface area contributed by atoms with Crippen LogP contribution in [0.3, 0.4) is 0 Å². The lowest BCUT2D eigenvalue weighted by molar-refractivity contribution is 0.0696. The van der Waals surface area contributed by atoms with Crippen LogP contribution in [0.5, 0.6) is 5.88 Å². The fourth-order valence-corrected chi connectivity index (χ4v) is 5.25. The average molecular weight is 364 g/mol. The van der Waals surface area contributed by atoms with E-state index in [4.69, 9.17) is 0 Å². The number of thiazole rings is 1. The van der Waals surface area contributed by atoms with Gasteiger partial charge in [-0.3, -0.25) is 4.90 Å². The predicted octanol–water partition coefficient (Wildman–Crippen LogP) is 2.67. The summed E-state index contributed by atoms with van der Waals surface area (Å²) in [6.45, 7) is 3.64. The van der Waals surface area contributed by atoms with Crippen LogP contribution < -0.4 is 0 Å². The summed E-state index contributed by atoms with van der Waals surface area (Å²) >= 11 is 3.19. The van der Waals surface area contributed by atoms with Crippen LogP contribution in [-0.4, -0.2) is 48.9 Å². The van der Waals surface area contributed by atoms with Gasteiger partial charge in [-0.25, -0.2) is 4.98 Å². The second-order valence-electron chi connectivity index (χ2n) is 6.05. The minimum atomic E-state index is -0.215. The van der Waals surface area contributed by atoms with E-state index in [2.05, 4.69) is 26.4 Å². The number of likely N-dealkylation sites (tertiary alicyclic amines) is 1. The SMILES string of the molecule is CCc1nc2sc(C(c3cccs3)N3CCC(O)CC3)c(O)n2n1. The van der Waals surface area contributed by atoms with Gasteiger partial charge in [0.15, 0.2) is 5.82 Å². The third-order valence-electron chi connectivity index (χ3n) is 4.49. The smallest absolute Gasteiger partial charge is 0.230 e. The van der Waals surface area contributed by atoms with Gasteiger partial charge in [0.1, 0.15) is 0 Å². The highest BCUT2D eigenvalue weighted by Gasteiger charge is 2.32. The molecule has 4 rings (SSSR count). The van der Waals surface area contributed by atoms with Gasteiger partial charge in [0.2, 0.25) is 10.8 Å². The third-order valence-corrected chi connectivity index (χ3v) is 6.48. The van der Waals surface area contributed by atoms with Crippen LogP contribution in [0, 0.1) is 0 Å². The number of aromatic nitrogens is 3. The lowest BCUT2D eigenvalue weighted by atomic mass is 10.0. The van der Waals surface area contributed by atoms with E-state index in [9.17, 15) is 10.2 Å². The van der Waals surface area contributed by atoms with Gasteiger partial charge in [0, 0.05) is 24.4 Å². The summed E-state index contributed by atoms with van der Waals surface area (Å²) in [6, 6.07) is 4.14. The highest BCUT2D eigenvalue weighted by atomic mass is 32.1. The molecule has 0 spiro atoms. The zero-order valence-corrected chi connectivity index (χ0v) is 15.1. The van der Waals surface area contributed by atoms with Crippen molar-refractivity contribution in [3.8, 4) is 5.88 Å². The van der Waals surface area contributed by atoms with Gasteiger partial charge in [-0.05, 0) is 24.3 Å². The summed E-state index contributed by atoms with van der Waals surface area (Å²) < 4.78 is 1.55. The van der Waals surface area contributed by atoms with Crippen molar-refractivity contribution in [3.63, 3.8) is 0 Å². The summed E-state index contributed by atoms with van der Waals surface area (Å²) in [5.41, 5.74) is 0. The standard InChI is InChI=1S/C16H20N4O2S2/c1-2-12-17-16-20(18-12)15(22)14(24-16)13(11-4-3-9-23-11)19-7-5-10(21)6-8-19/h3-4,9-10,13,21-22H,2,5-8H2,1H3. The molecule has 0 radical (unpaired) electrons. The maximum atomic E-state index is 10.7. The predicted molar refractivity (Wildman–Crippen MR) is 94.9 cm³/mol. The van der Waals surface area contributed by atoms with Crippen LogP contribution in [-0.2, 0) is 6.42 Å². The summed E-state index contributed by atoms with van der Waals surface area (Å²) in [5, 5.41) is 27.0. The molecule has 3 aromatic rings. The molecule has 0 aliphatic carbocycles. The van der Waals surface area contributed by atoms with Gasteiger partial charge in [0.05, 0.1) is 17.0 Å². The van der Waals surface area contributed by atoms with E-state index in [1.165, 1.54) is 16.2 Å². The van der Waals surface area contributed by atoms with Gasteiger partial charge in [-0.1, -0.05) is 24.3 Å². The summed E-state index contributed by atoms with van der Waals surface area (Å²) in [6.07, 6.45) is 2.07. The molecule has 1 aliphatic heterocycles. The number of thiophene rings is 1. The number of aliphatic hydroxyl groups excluding tert-OH is 1. The molecule has 1 atom stereocenters. The first kappa shape index (κ1) is 16.0. The van der Waals surface area contributed by atoms with E-state index < -0.39 is 0 Å². The van der Waals surface area contributed by atoms with Gasteiger partial charge >= 0.3 is 0 Å². The molecule has 1 aliphatic rings. The van der Waals surface area contributed by atoms with E-state index in [1.807, 2.05) is 13.0 Å². The highest BCUT2D eigenvalue weighted by Crippen LogP contribution is 2.42. The monoisotopic (exact) mass is 364 g/mol. The molecule has 4 heterocycles. The first-order chi connectivity index (χ1) is 11.7. The number of nitrogens with zero attached hydrogens (tertiary/aromatic N) is 4. The van der Waals surface area contributed by atoms with Crippen molar-refractivity contribution in [3.05, 3.63) is 33.1 Å². The molecule has 0 saturated carbocycles. The Labute approximate surface area is 148 Å². The number of hydrogen-bond acceptors (Lipinski definition) is 7. The van der Waals surface area contributed by atoms with E-state index in [-0.39, 0.29) is 18.0 Å². The lowest BCUT2D eigenvalue weighted by Gasteiger charge is -2.35. The van der Waals surface area contributed by atoms with E-state index in [1.54, 1.807) is 15.9 Å². The van der Waals surface area contributed by atoms with Crippen molar-refractivity contribution in [2.75, 3.05) is 13.1 Å². The average Bonchev–Trinajstić information content (AvgIpc) is 3.29. The highest BCUT2D eigenvalue weighted by molar-refractivity contribution is 7.17. The number of aromatic hydroxyl groups is 1. The zero-order valence-electron chi connectivity index (χ0n) is 13.4. The topological polar surface area (TPSA) is 73.9 Å². The largest absolute Gasteiger partial charge is 0.492 e. The molecule has 3 aromatic heterocycles. The molecule has 2 N–H and O–H groups in total. The quantitative estimate of drug-likeness (QED) is 0.744. The molecule has 0 bridgehead atoms. The number of aryl methyl sites for hydroxylation is 1. The molecule has 1 saturated heterocycles. The van der Waals surface area contributed by atoms with Crippen LogP contribution in [0.2, 0.25) is 0 Å². The van der Waals surface area contributed by atoms with Gasteiger partial charge in [-0.15, -0.1) is 16.4 Å². The zero-order chi connectivity index (χ0) is 16.7. The van der Waals surface area contributed by atoms with Crippen molar-refractivity contribution in [1.82, 2.24) is 19.5 Å². The first-order valence-corrected chi connectivity index (χ1v) is 9.89. The number of piperidine rings is 1. The van der Waals surface area contributed by atoms with Crippen molar-refractivity contribution in [2.45, 2.75) is 38.3 Å². The Kier molecular flexibility index (Phi) is 4.29. The van der Waals surface area contributed by atoms with E-state index in [0.717, 1.165) is 48.0 Å². The summed E-state index contributed by atoms with van der Waals surface area (Å²) in [7, 11) is 0. The molecule has 24 heavy (non-hydrogen) atoms. The lowest BCUT2D eigenvalue weighted by Crippen LogP contribution is -2.38. The van der Waals surface area contributed by atoms with Crippen molar-refractivity contribution < 1.29 is 10.2 Å². The molecule has 1 fully saturated rings. The fourth-order valence-electron chi connectivity index (χ4n) is 3.18. The molecule has 0 amide bonds. The number of aliphatic hydroxyl groups is 1. The fraction of sp³-hybridized carbons (Fsp3) is 0.500. The second-order valence-corrected chi connectivity index (χ2v) is 8.04. The molecule has 1 unspecified atom stereocenters. The Bertz CT molecular complexity index is 819. The summed E-state index contributed by atoms with van der Waals surface area (Å²) in [4.78, 5) is 9.64. The Balaban J connectivity index is 1.76. The van der Waals surface area contributed by atoms with Crippen molar-refractivity contribution in [2.24, 2.45) is 0 Å². The van der Waals surface area contributed by atoms with Crippen LogP contribution in [0.4, 0.5) is 0 Å². The number of hydrogen-bond donors (Lipinski definition) is 2. The minimum Gasteiger partial charge on any atom is -0.492 e. The van der Waals surface area contributed by atoms with E-state index in [0.29, 0.717) is 0 Å². The van der Waals surface area contributed by atoms with Gasteiger partial charge in [0.25, 0.3) is 0 Å². The maximum Gasteiger partial charge on any atom is 0.230 e. The van der Waals surface area contributed by atoms with Crippen molar-refractivity contribution in [1.29, 1.82) is 0 Å². The molecule has 6 nitrogen and oxygen atoms in total. The summed E-state index contributed by atoms with van der Waals surface area (Å²) in [5.74, 6) is 0.934. The third kappa shape index (κ3) is 2.73. The molecular weight excluding hydrogens is 344 g/mol. The van der Waals surface area contributed by atoms with Gasteiger partial charge in [-0.2, -0.15) is 4.52 Å². The Morgan fingerprint density at radius 3 is 2.79 bits per heavy atom. The Morgan fingerprint density at radius 1 is 1.38 bits per heavy atom. The van der Waals surface area contributed by atoms with Crippen LogP contribution >= 0.6 is 22.7 Å². The maximum absolute atomic E-state index is 10.7. The second kappa shape index (κ2) is 6.44. The number of rotatable bonds is 4. The normalized spacial score (nSPS) is 18.4. The molecular formula is C16H20N4O2S2. The number of fused-ring (bicyclic) bond motifs is 1. The minimum absolute atomic E-state index is 0.00363. The molecule has 8 heteroatoms. The Hall–Kier alpha value is -1.48. The molecule has 0 aromatic carbocycles. The van der Waals surface area contributed by atoms with Crippen molar-refractivity contribution >= 4 is 27.6 Å². The first-order valence-electron chi connectivity index (χ1n) is 8.20. The van der Waals surface area contributed by atoms with Crippen LogP contribution in [0.25, 0.3) is 4.96 Å². The van der Waals surface area contributed by atoms with Gasteiger partial charge < -0.3 is 10.2 Å². The van der Waals surface area contributed by atoms with Crippen LogP contribution in [0.1, 0.15) is 41.4 Å². The van der Waals surface area contributed by atoms with Crippen LogP contribution in [0.15, 0.2) is 17.5 Å². The molecule has 128 valence electrons. The Morgan fingerprint density at radius 2 is 2.17 bits per heavy atom. The van der Waals surface area contributed by atoms with E-state index >= 15 is 0 Å².